The molecule has 43 heavy (non-hydrogen) atoms. The van der Waals surface area contributed by atoms with Crippen LogP contribution in [0, 0.1) is 11.3 Å². The minimum absolute atomic E-state index is 0. The Balaban J connectivity index is 0.000000632. The molecule has 2 aliphatic rings. The first-order valence-electron chi connectivity index (χ1n) is 13.7. The van der Waals surface area contributed by atoms with Gasteiger partial charge in [-0.1, -0.05) is 72.9 Å². The van der Waals surface area contributed by atoms with Gasteiger partial charge in [-0.25, -0.2) is 9.79 Å². The predicted octanol–water partition coefficient (Wildman–Crippen LogP) is 7.48. The first-order chi connectivity index (χ1) is 20.3. The van der Waals surface area contributed by atoms with Crippen LogP contribution in [0.1, 0.15) is 43.5 Å². The number of carbonyl (C=O) groups excluding carboxylic acids is 1. The van der Waals surface area contributed by atoms with Crippen LogP contribution in [-0.4, -0.2) is 72.6 Å². The topological polar surface area (TPSA) is 87.3 Å². The molecule has 0 bridgehead atoms. The quantitative estimate of drug-likeness (QED) is 0.261. The molecule has 1 fully saturated rings. The average molecular weight is 645 g/mol. The van der Waals surface area contributed by atoms with Crippen LogP contribution in [-0.2, 0) is 0 Å². The van der Waals surface area contributed by atoms with Crippen molar-refractivity contribution in [3.8, 4) is 6.07 Å². The Hall–Kier alpha value is -4.26. The lowest BCUT2D eigenvalue weighted by Gasteiger charge is -2.39. The third kappa shape index (κ3) is 10.2. The molecule has 0 spiro atoms. The van der Waals surface area contributed by atoms with Gasteiger partial charge < -0.3 is 15.1 Å². The lowest BCUT2D eigenvalue weighted by molar-refractivity contribution is 0.134. The molecular weight excluding hydrogens is 602 g/mol. The summed E-state index contributed by atoms with van der Waals surface area (Å²) in [4.78, 5) is 27.7. The Labute approximate surface area is 265 Å². The zero-order valence-electron chi connectivity index (χ0n) is 24.5. The molecule has 1 N–H and O–H groups in total. The Morgan fingerprint density at radius 3 is 2.40 bits per heavy atom. The predicted molar refractivity (Wildman–Crippen MR) is 185 cm³/mol. The van der Waals surface area contributed by atoms with Crippen molar-refractivity contribution < 1.29 is 4.79 Å². The number of anilines is 1. The number of hydrogen-bond donors (Lipinski definition) is 1. The number of carbonyl (C=O) groups is 1. The van der Waals surface area contributed by atoms with E-state index in [2.05, 4.69) is 74.7 Å². The molecule has 0 aliphatic carbocycles. The summed E-state index contributed by atoms with van der Waals surface area (Å²) in [6, 6.07) is 17.1. The summed E-state index contributed by atoms with van der Waals surface area (Å²) in [6.07, 6.45) is 10.3. The fraction of sp³-hybridized carbons (Fsp3) is 0.294. The first-order valence-corrected chi connectivity index (χ1v) is 14.5. The van der Waals surface area contributed by atoms with E-state index < -0.39 is 0 Å². The number of piperazine rings is 1. The maximum absolute atomic E-state index is 12.8. The van der Waals surface area contributed by atoms with Gasteiger partial charge in [0.25, 0.3) is 0 Å². The van der Waals surface area contributed by atoms with Gasteiger partial charge in [0, 0.05) is 62.8 Å². The van der Waals surface area contributed by atoms with Crippen molar-refractivity contribution in [2.75, 3.05) is 45.6 Å². The monoisotopic (exact) mass is 643 g/mol. The van der Waals surface area contributed by atoms with Crippen LogP contribution in [0.2, 0.25) is 0 Å². The summed E-state index contributed by atoms with van der Waals surface area (Å²) in [5.74, 6) is 0.972. The Bertz CT molecular complexity index is 1410. The highest BCUT2D eigenvalue weighted by Crippen LogP contribution is 2.30. The normalized spacial score (nSPS) is 15.6. The smallest absolute Gasteiger partial charge is 0.321 e. The largest absolute Gasteiger partial charge is 0.366 e. The van der Waals surface area contributed by atoms with Crippen LogP contribution < -0.4 is 5.32 Å². The zero-order chi connectivity index (χ0) is 30.5. The fourth-order valence-electron chi connectivity index (χ4n) is 4.44. The van der Waals surface area contributed by atoms with E-state index in [9.17, 15) is 4.79 Å². The van der Waals surface area contributed by atoms with E-state index in [0.29, 0.717) is 37.4 Å². The Kier molecular flexibility index (Phi) is 14.3. The minimum atomic E-state index is -0.133. The molecule has 2 aromatic carbocycles. The molecule has 2 amide bonds. The number of nitriles is 1. The van der Waals surface area contributed by atoms with Gasteiger partial charge in [0.1, 0.15) is 5.84 Å². The highest BCUT2D eigenvalue weighted by Gasteiger charge is 2.30. The van der Waals surface area contributed by atoms with E-state index in [-0.39, 0.29) is 19.5 Å². The highest BCUT2D eigenvalue weighted by atomic mass is 79.9. The number of halogens is 1. The Morgan fingerprint density at radius 1 is 1.14 bits per heavy atom. The van der Waals surface area contributed by atoms with Gasteiger partial charge in [0.05, 0.1) is 23.4 Å². The fourth-order valence-corrected chi connectivity index (χ4v) is 4.73. The van der Waals surface area contributed by atoms with E-state index in [4.69, 9.17) is 10.3 Å². The maximum Gasteiger partial charge on any atom is 0.321 e. The van der Waals surface area contributed by atoms with Gasteiger partial charge in [0.2, 0.25) is 0 Å². The van der Waals surface area contributed by atoms with Crippen molar-refractivity contribution in [1.29, 1.82) is 5.26 Å². The number of amides is 2. The number of allylic oxidation sites excluding steroid dienone is 2. The number of rotatable bonds is 6. The third-order valence-electron chi connectivity index (χ3n) is 6.90. The maximum atomic E-state index is 12.8. The molecule has 1 saturated heterocycles. The lowest BCUT2D eigenvalue weighted by atomic mass is 9.94. The SMILES string of the molecule is C.C=CN=C(C)N(C)C.C=Cc1ccccc1C(C1=NC=C(Br)CC=C1)N1CCN(C(=O)Nc2ccc(C#N)cc2)CC1. The highest BCUT2D eigenvalue weighted by molar-refractivity contribution is 9.11. The van der Waals surface area contributed by atoms with E-state index in [1.165, 1.54) is 6.20 Å². The molecule has 2 heterocycles. The van der Waals surface area contributed by atoms with Crippen LogP contribution >= 0.6 is 15.9 Å². The molecule has 0 saturated carbocycles. The zero-order valence-corrected chi connectivity index (χ0v) is 26.1. The molecule has 9 heteroatoms. The van der Waals surface area contributed by atoms with E-state index in [1.807, 2.05) is 55.2 Å². The van der Waals surface area contributed by atoms with Crippen LogP contribution in [0.3, 0.4) is 0 Å². The third-order valence-corrected chi connectivity index (χ3v) is 7.43. The summed E-state index contributed by atoms with van der Waals surface area (Å²) >= 11 is 3.56. The molecule has 0 aromatic heterocycles. The molecule has 226 valence electrons. The van der Waals surface area contributed by atoms with Gasteiger partial charge in [-0.3, -0.25) is 9.89 Å². The van der Waals surface area contributed by atoms with Crippen LogP contribution in [0.5, 0.6) is 0 Å². The molecular formula is C34H42BrN7O. The number of hydrogen-bond acceptors (Lipinski definition) is 5. The molecule has 0 radical (unpaired) electrons. The molecule has 8 nitrogen and oxygen atoms in total. The van der Waals surface area contributed by atoms with E-state index >= 15 is 0 Å². The summed E-state index contributed by atoms with van der Waals surface area (Å²) in [6.45, 7) is 12.0. The summed E-state index contributed by atoms with van der Waals surface area (Å²) in [5.41, 5.74) is 4.45. The van der Waals surface area contributed by atoms with Crippen molar-refractivity contribution in [3.05, 3.63) is 107 Å². The standard InChI is InChI=1S/C27H26BrN5O.C6H12N2.CH4/c1-2-21-6-3-4-8-24(21)26(25-9-5-7-22(28)19-30-25)32-14-16-33(17-15-32)27(34)31-23-12-10-20(18-29)11-13-23;1-5-7-6(2)8(3)4;/h2-6,8-13,19,26H,1,7,14-17H2,(H,31,34);5H,1H2,2-4H3;1H4. The number of nitrogens with zero attached hydrogens (tertiary/aromatic N) is 6. The van der Waals surface area contributed by atoms with Crippen LogP contribution in [0.25, 0.3) is 6.08 Å². The number of amidine groups is 1. The van der Waals surface area contributed by atoms with Crippen molar-refractivity contribution in [2.24, 2.45) is 9.98 Å². The van der Waals surface area contributed by atoms with Crippen molar-refractivity contribution in [2.45, 2.75) is 26.8 Å². The minimum Gasteiger partial charge on any atom is -0.366 e. The van der Waals surface area contributed by atoms with Gasteiger partial charge in [-0.15, -0.1) is 0 Å². The lowest BCUT2D eigenvalue weighted by Crippen LogP contribution is -2.52. The van der Waals surface area contributed by atoms with Gasteiger partial charge in [-0.2, -0.15) is 5.26 Å². The van der Waals surface area contributed by atoms with Gasteiger partial charge >= 0.3 is 6.03 Å². The van der Waals surface area contributed by atoms with Crippen molar-refractivity contribution in [3.63, 3.8) is 0 Å². The second kappa shape index (κ2) is 17.6. The molecule has 2 aliphatic heterocycles. The summed E-state index contributed by atoms with van der Waals surface area (Å²) < 4.78 is 1.04. The molecule has 2 aromatic rings. The summed E-state index contributed by atoms with van der Waals surface area (Å²) in [5, 5.41) is 11.9. The molecule has 1 unspecified atom stereocenters. The number of urea groups is 1. The second-order valence-corrected chi connectivity index (χ2v) is 10.9. The van der Waals surface area contributed by atoms with Crippen LogP contribution in [0.15, 0.2) is 101 Å². The first kappa shape index (κ1) is 34.9. The van der Waals surface area contributed by atoms with Crippen LogP contribution in [0.4, 0.5) is 10.5 Å². The number of benzene rings is 2. The second-order valence-electron chi connectivity index (χ2n) is 9.87. The molecule has 4 rings (SSSR count). The van der Waals surface area contributed by atoms with Gasteiger partial charge in [-0.05, 0) is 54.8 Å². The summed E-state index contributed by atoms with van der Waals surface area (Å²) in [7, 11) is 3.89. The molecule has 1 atom stereocenters. The van der Waals surface area contributed by atoms with Gasteiger partial charge in [0.15, 0.2) is 0 Å². The van der Waals surface area contributed by atoms with E-state index in [0.717, 1.165) is 33.6 Å². The number of aliphatic imine (C=N–C) groups is 2. The average Bonchev–Trinajstić information content (AvgIpc) is 3.22. The number of nitrogens with one attached hydrogen (secondary N) is 1. The van der Waals surface area contributed by atoms with Crippen molar-refractivity contribution >= 4 is 45.3 Å². The Morgan fingerprint density at radius 2 is 1.81 bits per heavy atom. The van der Waals surface area contributed by atoms with E-state index in [1.54, 1.807) is 24.3 Å². The van der Waals surface area contributed by atoms with Crippen molar-refractivity contribution in [1.82, 2.24) is 14.7 Å².